The van der Waals surface area contributed by atoms with E-state index in [1.165, 1.54) is 0 Å². The lowest BCUT2D eigenvalue weighted by atomic mass is 10.2. The molecule has 6 heteroatoms. The van der Waals surface area contributed by atoms with Gasteiger partial charge in [-0.1, -0.05) is 32.0 Å². The topological polar surface area (TPSA) is 73.0 Å². The van der Waals surface area contributed by atoms with Crippen molar-refractivity contribution in [1.82, 2.24) is 14.8 Å². The molecule has 0 fully saturated rings. The van der Waals surface area contributed by atoms with Gasteiger partial charge >= 0.3 is 0 Å². The molecule has 2 aromatic heterocycles. The summed E-state index contributed by atoms with van der Waals surface area (Å²) in [5.74, 6) is 0.720. The molecule has 2 heterocycles. The van der Waals surface area contributed by atoms with E-state index in [0.717, 1.165) is 47.3 Å². The van der Waals surface area contributed by atoms with Crippen molar-refractivity contribution in [1.29, 1.82) is 0 Å². The van der Waals surface area contributed by atoms with Crippen LogP contribution in [-0.4, -0.2) is 20.7 Å². The van der Waals surface area contributed by atoms with E-state index < -0.39 is 0 Å². The molecule has 0 aliphatic heterocycles. The van der Waals surface area contributed by atoms with Crippen molar-refractivity contribution < 1.29 is 9.21 Å². The summed E-state index contributed by atoms with van der Waals surface area (Å²) in [6.07, 6.45) is 2.86. The molecular formula is C23H22N4O2. The van der Waals surface area contributed by atoms with Gasteiger partial charge in [0.1, 0.15) is 5.52 Å². The lowest BCUT2D eigenvalue weighted by Crippen LogP contribution is -2.15. The molecule has 0 radical (unpaired) electrons. The molecule has 6 nitrogen and oxygen atoms in total. The van der Waals surface area contributed by atoms with Gasteiger partial charge in [-0.15, -0.1) is 0 Å². The number of nitrogens with zero attached hydrogens (tertiary/aromatic N) is 3. The minimum absolute atomic E-state index is 0.190. The van der Waals surface area contributed by atoms with E-state index in [0.29, 0.717) is 17.3 Å². The number of rotatable bonds is 4. The van der Waals surface area contributed by atoms with Gasteiger partial charge in [0, 0.05) is 22.9 Å². The number of carbonyl (C=O) groups is 1. The van der Waals surface area contributed by atoms with Crippen LogP contribution in [0.15, 0.2) is 52.9 Å². The lowest BCUT2D eigenvalue weighted by molar-refractivity contribution is 0.102. The number of carbonyl (C=O) groups excluding carboxylic acids is 1. The zero-order valence-electron chi connectivity index (χ0n) is 16.5. The van der Waals surface area contributed by atoms with E-state index in [4.69, 9.17) is 4.42 Å². The second-order valence-electron chi connectivity index (χ2n) is 7.72. The molecule has 1 aliphatic rings. The van der Waals surface area contributed by atoms with E-state index in [2.05, 4.69) is 15.4 Å². The van der Waals surface area contributed by atoms with Crippen molar-refractivity contribution in [3.63, 3.8) is 0 Å². The van der Waals surface area contributed by atoms with Crippen molar-refractivity contribution in [2.45, 2.75) is 39.0 Å². The molecule has 2 aromatic carbocycles. The van der Waals surface area contributed by atoms with Crippen molar-refractivity contribution in [3.8, 4) is 5.69 Å². The minimum atomic E-state index is -0.190. The number of amides is 1. The zero-order valence-corrected chi connectivity index (χ0v) is 16.5. The zero-order chi connectivity index (χ0) is 20.0. The molecule has 1 aliphatic carbocycles. The van der Waals surface area contributed by atoms with Crippen LogP contribution < -0.4 is 5.32 Å². The number of hydrogen-bond acceptors (Lipinski definition) is 4. The molecule has 0 spiro atoms. The number of fused-ring (bicyclic) bond motifs is 2. The summed E-state index contributed by atoms with van der Waals surface area (Å²) >= 11 is 0. The first-order chi connectivity index (χ1) is 14.1. The first-order valence-electron chi connectivity index (χ1n) is 9.98. The number of benzene rings is 2. The summed E-state index contributed by atoms with van der Waals surface area (Å²) in [6, 6.07) is 15.5. The van der Waals surface area contributed by atoms with Gasteiger partial charge in [-0.05, 0) is 49.6 Å². The monoisotopic (exact) mass is 386 g/mol. The molecule has 5 rings (SSSR count). The average molecular weight is 386 g/mol. The van der Waals surface area contributed by atoms with Gasteiger partial charge < -0.3 is 9.73 Å². The van der Waals surface area contributed by atoms with Crippen LogP contribution in [0.3, 0.4) is 0 Å². The second-order valence-corrected chi connectivity index (χ2v) is 7.72. The largest absolute Gasteiger partial charge is 0.440 e. The Balaban J connectivity index is 1.46. The number of nitrogens with one attached hydrogen (secondary N) is 1. The summed E-state index contributed by atoms with van der Waals surface area (Å²) in [5, 5.41) is 7.65. The molecule has 0 saturated carbocycles. The molecule has 0 saturated heterocycles. The van der Waals surface area contributed by atoms with Gasteiger partial charge in [-0.3, -0.25) is 4.79 Å². The molecule has 4 aromatic rings. The maximum atomic E-state index is 13.0. The predicted molar refractivity (Wildman–Crippen MR) is 112 cm³/mol. The summed E-state index contributed by atoms with van der Waals surface area (Å²) in [6.45, 7) is 4.08. The number of anilines is 1. The fourth-order valence-electron chi connectivity index (χ4n) is 3.86. The fourth-order valence-corrected chi connectivity index (χ4v) is 3.86. The number of oxazole rings is 1. The van der Waals surface area contributed by atoms with Gasteiger partial charge in [0.15, 0.2) is 17.2 Å². The highest BCUT2D eigenvalue weighted by Gasteiger charge is 2.27. The Kier molecular flexibility index (Phi) is 4.19. The van der Waals surface area contributed by atoms with E-state index >= 15 is 0 Å². The molecule has 1 amide bonds. The van der Waals surface area contributed by atoms with Gasteiger partial charge in [0.25, 0.3) is 5.91 Å². The molecule has 0 unspecified atom stereocenters. The van der Waals surface area contributed by atoms with Gasteiger partial charge in [0.05, 0.1) is 5.69 Å². The molecule has 146 valence electrons. The Morgan fingerprint density at radius 1 is 1.14 bits per heavy atom. The Morgan fingerprint density at radius 2 is 1.97 bits per heavy atom. The standard InChI is InChI=1S/C23H22N4O2/c1-14(2)23-25-18-13-15(11-12-20(18)29-23)24-22(28)21-17-9-6-10-19(17)27(26-21)16-7-4-3-5-8-16/h3-5,7-8,11-14H,6,9-10H2,1-2H3,(H,24,28). The normalized spacial score (nSPS) is 13.2. The average Bonchev–Trinajstić information content (AvgIpc) is 3.43. The Bertz CT molecular complexity index is 1200. The maximum Gasteiger partial charge on any atom is 0.276 e. The lowest BCUT2D eigenvalue weighted by Gasteiger charge is -2.05. The first kappa shape index (κ1) is 17.7. The van der Waals surface area contributed by atoms with E-state index in [1.807, 2.05) is 67.1 Å². The van der Waals surface area contributed by atoms with E-state index in [1.54, 1.807) is 0 Å². The van der Waals surface area contributed by atoms with Crippen LogP contribution in [0.4, 0.5) is 5.69 Å². The first-order valence-corrected chi connectivity index (χ1v) is 9.98. The van der Waals surface area contributed by atoms with Gasteiger partial charge in [-0.25, -0.2) is 9.67 Å². The van der Waals surface area contributed by atoms with Crippen molar-refractivity contribution in [2.24, 2.45) is 0 Å². The third-order valence-corrected chi connectivity index (χ3v) is 5.30. The van der Waals surface area contributed by atoms with Crippen molar-refractivity contribution in [3.05, 3.63) is 71.4 Å². The SMILES string of the molecule is CC(C)c1nc2cc(NC(=O)c3nn(-c4ccccc4)c4c3CCC4)ccc2o1. The van der Waals surface area contributed by atoms with Crippen LogP contribution in [0, 0.1) is 0 Å². The highest BCUT2D eigenvalue weighted by atomic mass is 16.3. The Labute approximate surface area is 168 Å². The smallest absolute Gasteiger partial charge is 0.276 e. The van der Waals surface area contributed by atoms with Crippen molar-refractivity contribution >= 4 is 22.7 Å². The quantitative estimate of drug-likeness (QED) is 0.543. The maximum absolute atomic E-state index is 13.0. The fraction of sp³-hybridized carbons (Fsp3) is 0.261. The van der Waals surface area contributed by atoms with Crippen LogP contribution >= 0.6 is 0 Å². The Hall–Kier alpha value is -3.41. The molecule has 29 heavy (non-hydrogen) atoms. The summed E-state index contributed by atoms with van der Waals surface area (Å²) < 4.78 is 7.66. The van der Waals surface area contributed by atoms with Gasteiger partial charge in [0.2, 0.25) is 0 Å². The van der Waals surface area contributed by atoms with Gasteiger partial charge in [-0.2, -0.15) is 5.10 Å². The second kappa shape index (κ2) is 6.88. The number of hydrogen-bond donors (Lipinski definition) is 1. The third kappa shape index (κ3) is 3.10. The molecule has 1 N–H and O–H groups in total. The third-order valence-electron chi connectivity index (χ3n) is 5.30. The summed E-state index contributed by atoms with van der Waals surface area (Å²) in [5.41, 5.74) is 5.82. The summed E-state index contributed by atoms with van der Waals surface area (Å²) in [4.78, 5) is 17.6. The van der Waals surface area contributed by atoms with E-state index in [-0.39, 0.29) is 11.8 Å². The van der Waals surface area contributed by atoms with Crippen LogP contribution in [0.1, 0.15) is 53.8 Å². The van der Waals surface area contributed by atoms with E-state index in [9.17, 15) is 4.79 Å². The molecular weight excluding hydrogens is 364 g/mol. The predicted octanol–water partition coefficient (Wildman–Crippen LogP) is 4.88. The molecule has 0 bridgehead atoms. The minimum Gasteiger partial charge on any atom is -0.440 e. The number of para-hydroxylation sites is 1. The number of aromatic nitrogens is 3. The highest BCUT2D eigenvalue weighted by molar-refractivity contribution is 6.04. The molecule has 0 atom stereocenters. The highest BCUT2D eigenvalue weighted by Crippen LogP contribution is 2.29. The van der Waals surface area contributed by atoms with Crippen LogP contribution in [-0.2, 0) is 12.8 Å². The van der Waals surface area contributed by atoms with Crippen LogP contribution in [0.25, 0.3) is 16.8 Å². The van der Waals surface area contributed by atoms with Crippen LogP contribution in [0.5, 0.6) is 0 Å². The van der Waals surface area contributed by atoms with Crippen molar-refractivity contribution in [2.75, 3.05) is 5.32 Å². The Morgan fingerprint density at radius 3 is 2.76 bits per heavy atom. The summed E-state index contributed by atoms with van der Waals surface area (Å²) in [7, 11) is 0. The van der Waals surface area contributed by atoms with Crippen LogP contribution in [0.2, 0.25) is 0 Å².